The molecule has 2 aromatic rings. The van der Waals surface area contributed by atoms with Gasteiger partial charge in [0.05, 0.1) is 0 Å². The highest BCUT2D eigenvalue weighted by atomic mass is 32.1. The van der Waals surface area contributed by atoms with Gasteiger partial charge in [0.2, 0.25) is 0 Å². The van der Waals surface area contributed by atoms with Crippen LogP contribution in [0.1, 0.15) is 5.01 Å². The Morgan fingerprint density at radius 1 is 1.21 bits per heavy atom. The molecule has 0 aliphatic heterocycles. The van der Waals surface area contributed by atoms with E-state index in [-0.39, 0.29) is 10.8 Å². The van der Waals surface area contributed by atoms with E-state index in [2.05, 4.69) is 10.2 Å². The van der Waals surface area contributed by atoms with Crippen LogP contribution in [0.5, 0.6) is 0 Å². The largest absolute Gasteiger partial charge is 0.243 e. The summed E-state index contributed by atoms with van der Waals surface area (Å²) in [7, 11) is 0. The normalized spacial score (nSPS) is 10.4. The molecule has 0 atom stereocenters. The highest BCUT2D eigenvalue weighted by molar-refractivity contribution is 7.14. The Balaban J connectivity index is 2.44. The molecule has 1 aromatic heterocycles. The lowest BCUT2D eigenvalue weighted by molar-refractivity contribution is 0.481. The zero-order valence-electron chi connectivity index (χ0n) is 7.08. The van der Waals surface area contributed by atoms with Gasteiger partial charge in [-0.1, -0.05) is 23.5 Å². The molecule has 0 fully saturated rings. The first-order valence-corrected chi connectivity index (χ1v) is 4.76. The van der Waals surface area contributed by atoms with Crippen LogP contribution in [0, 0.1) is 5.82 Å². The number of halogens is 2. The summed E-state index contributed by atoms with van der Waals surface area (Å²) in [5.74, 6) is -0.367. The molecule has 0 aliphatic rings. The number of alkyl halides is 1. The van der Waals surface area contributed by atoms with E-state index in [4.69, 9.17) is 0 Å². The maximum atomic E-state index is 13.2. The summed E-state index contributed by atoms with van der Waals surface area (Å²) in [6.45, 7) is -0.661. The Morgan fingerprint density at radius 3 is 2.64 bits per heavy atom. The van der Waals surface area contributed by atoms with Crippen LogP contribution in [0.15, 0.2) is 24.3 Å². The predicted molar refractivity (Wildman–Crippen MR) is 50.1 cm³/mol. The van der Waals surface area contributed by atoms with Crippen LogP contribution in [0.2, 0.25) is 0 Å². The molecule has 14 heavy (non-hydrogen) atoms. The Kier molecular flexibility index (Phi) is 2.49. The van der Waals surface area contributed by atoms with Gasteiger partial charge in [0.25, 0.3) is 0 Å². The molecule has 72 valence electrons. The Labute approximate surface area is 83.2 Å². The fourth-order valence-electron chi connectivity index (χ4n) is 1.05. The van der Waals surface area contributed by atoms with Crippen molar-refractivity contribution in [1.82, 2.24) is 10.2 Å². The third kappa shape index (κ3) is 1.63. The van der Waals surface area contributed by atoms with E-state index < -0.39 is 6.67 Å². The maximum absolute atomic E-state index is 13.2. The maximum Gasteiger partial charge on any atom is 0.150 e. The van der Waals surface area contributed by atoms with Crippen molar-refractivity contribution >= 4 is 11.3 Å². The zero-order valence-corrected chi connectivity index (χ0v) is 7.89. The van der Waals surface area contributed by atoms with Crippen LogP contribution >= 0.6 is 11.3 Å². The van der Waals surface area contributed by atoms with E-state index in [9.17, 15) is 8.78 Å². The molecule has 2 rings (SSSR count). The van der Waals surface area contributed by atoms with Gasteiger partial charge in [-0.2, -0.15) is 0 Å². The molecule has 0 unspecified atom stereocenters. The molecule has 0 bridgehead atoms. The topological polar surface area (TPSA) is 25.8 Å². The molecule has 0 amide bonds. The summed E-state index contributed by atoms with van der Waals surface area (Å²) in [6, 6.07) is 6.23. The van der Waals surface area contributed by atoms with Gasteiger partial charge in [-0.3, -0.25) is 0 Å². The predicted octanol–water partition coefficient (Wildman–Crippen LogP) is 2.81. The van der Waals surface area contributed by atoms with Crippen molar-refractivity contribution in [2.75, 3.05) is 0 Å². The van der Waals surface area contributed by atoms with Gasteiger partial charge in [0.15, 0.2) is 5.01 Å². The van der Waals surface area contributed by atoms with Gasteiger partial charge in [-0.05, 0) is 12.1 Å². The van der Waals surface area contributed by atoms with E-state index in [0.717, 1.165) is 11.3 Å². The number of hydrogen-bond acceptors (Lipinski definition) is 3. The minimum absolute atomic E-state index is 0.267. The van der Waals surface area contributed by atoms with E-state index in [1.807, 2.05) is 0 Å². The Hall–Kier alpha value is -1.36. The van der Waals surface area contributed by atoms with E-state index in [0.29, 0.717) is 10.6 Å². The van der Waals surface area contributed by atoms with Crippen molar-refractivity contribution in [3.05, 3.63) is 35.1 Å². The van der Waals surface area contributed by atoms with Gasteiger partial charge in [0, 0.05) is 5.56 Å². The molecule has 2 nitrogen and oxygen atoms in total. The van der Waals surface area contributed by atoms with Crippen molar-refractivity contribution in [3.63, 3.8) is 0 Å². The monoisotopic (exact) mass is 212 g/mol. The first-order chi connectivity index (χ1) is 6.81. The Bertz CT molecular complexity index is 442. The fraction of sp³-hybridized carbons (Fsp3) is 0.111. The fourth-order valence-corrected chi connectivity index (χ4v) is 1.77. The highest BCUT2D eigenvalue weighted by Crippen LogP contribution is 2.25. The number of rotatable bonds is 2. The quantitative estimate of drug-likeness (QED) is 0.765. The molecular weight excluding hydrogens is 206 g/mol. The van der Waals surface area contributed by atoms with Crippen molar-refractivity contribution < 1.29 is 8.78 Å². The van der Waals surface area contributed by atoms with Crippen molar-refractivity contribution in [2.45, 2.75) is 6.67 Å². The van der Waals surface area contributed by atoms with Gasteiger partial charge in [0.1, 0.15) is 17.5 Å². The third-order valence-corrected chi connectivity index (χ3v) is 2.61. The lowest BCUT2D eigenvalue weighted by Crippen LogP contribution is -1.82. The minimum atomic E-state index is -0.661. The van der Waals surface area contributed by atoms with Crippen molar-refractivity contribution in [1.29, 1.82) is 0 Å². The first kappa shape index (κ1) is 9.21. The second kappa shape index (κ2) is 3.79. The molecule has 0 saturated heterocycles. The van der Waals surface area contributed by atoms with Gasteiger partial charge in [-0.25, -0.2) is 8.78 Å². The second-order valence-corrected chi connectivity index (χ2v) is 3.68. The molecule has 0 saturated carbocycles. The van der Waals surface area contributed by atoms with E-state index in [1.165, 1.54) is 6.07 Å². The van der Waals surface area contributed by atoms with Crippen LogP contribution in [0.25, 0.3) is 10.6 Å². The SMILES string of the molecule is FCc1nnc(-c2ccccc2F)s1. The highest BCUT2D eigenvalue weighted by Gasteiger charge is 2.09. The van der Waals surface area contributed by atoms with Crippen molar-refractivity contribution in [3.8, 4) is 10.6 Å². The summed E-state index contributed by atoms with van der Waals surface area (Å²) in [5.41, 5.74) is 0.365. The van der Waals surface area contributed by atoms with Gasteiger partial charge >= 0.3 is 0 Å². The lowest BCUT2D eigenvalue weighted by Gasteiger charge is -1.95. The molecule has 0 N–H and O–H groups in total. The first-order valence-electron chi connectivity index (χ1n) is 3.94. The summed E-state index contributed by atoms with van der Waals surface area (Å²) < 4.78 is 25.4. The van der Waals surface area contributed by atoms with Crippen LogP contribution < -0.4 is 0 Å². The number of benzene rings is 1. The molecule has 1 heterocycles. The van der Waals surface area contributed by atoms with Crippen LogP contribution in [-0.2, 0) is 6.67 Å². The molecule has 1 aromatic carbocycles. The lowest BCUT2D eigenvalue weighted by atomic mass is 10.2. The second-order valence-electron chi connectivity index (χ2n) is 2.61. The number of aromatic nitrogens is 2. The van der Waals surface area contributed by atoms with E-state index >= 15 is 0 Å². The molecular formula is C9H6F2N2S. The average molecular weight is 212 g/mol. The molecule has 0 aliphatic carbocycles. The molecule has 0 spiro atoms. The number of nitrogens with zero attached hydrogens (tertiary/aromatic N) is 2. The summed E-state index contributed by atoms with van der Waals surface area (Å²) in [5, 5.41) is 7.97. The third-order valence-electron chi connectivity index (χ3n) is 1.69. The summed E-state index contributed by atoms with van der Waals surface area (Å²) in [4.78, 5) is 0. The van der Waals surface area contributed by atoms with Crippen LogP contribution in [-0.4, -0.2) is 10.2 Å². The van der Waals surface area contributed by atoms with E-state index in [1.54, 1.807) is 18.2 Å². The zero-order chi connectivity index (χ0) is 9.97. The summed E-state index contributed by atoms with van der Waals surface area (Å²) in [6.07, 6.45) is 0. The van der Waals surface area contributed by atoms with Gasteiger partial charge < -0.3 is 0 Å². The smallest absolute Gasteiger partial charge is 0.150 e. The standard InChI is InChI=1S/C9H6F2N2S/c10-5-8-12-13-9(14-8)6-3-1-2-4-7(6)11/h1-4H,5H2. The molecule has 0 radical (unpaired) electrons. The minimum Gasteiger partial charge on any atom is -0.243 e. The van der Waals surface area contributed by atoms with Gasteiger partial charge in [-0.15, -0.1) is 10.2 Å². The van der Waals surface area contributed by atoms with Crippen LogP contribution in [0.4, 0.5) is 8.78 Å². The molecule has 5 heteroatoms. The number of hydrogen-bond donors (Lipinski definition) is 0. The summed E-state index contributed by atoms with van der Waals surface area (Å²) >= 11 is 1.06. The Morgan fingerprint density at radius 2 is 2.00 bits per heavy atom. The average Bonchev–Trinajstić information content (AvgIpc) is 2.67. The van der Waals surface area contributed by atoms with Crippen LogP contribution in [0.3, 0.4) is 0 Å². The van der Waals surface area contributed by atoms with Crippen molar-refractivity contribution in [2.24, 2.45) is 0 Å².